The first kappa shape index (κ1) is 17.3. The lowest BCUT2D eigenvalue weighted by molar-refractivity contribution is 0.0382. The van der Waals surface area contributed by atoms with Gasteiger partial charge in [0.15, 0.2) is 0 Å². The van der Waals surface area contributed by atoms with Crippen LogP contribution in [0.2, 0.25) is 5.02 Å². The van der Waals surface area contributed by atoms with E-state index in [-0.39, 0.29) is 18.0 Å². The fraction of sp³-hybridized carbons (Fsp3) is 0.588. The number of benzene rings is 1. The maximum atomic E-state index is 11.6. The van der Waals surface area contributed by atoms with Gasteiger partial charge in [0, 0.05) is 18.2 Å². The number of piperidine rings is 1. The summed E-state index contributed by atoms with van der Waals surface area (Å²) in [5.74, 6) is -0.346. The molecule has 4 nitrogen and oxygen atoms in total. The van der Waals surface area contributed by atoms with Crippen molar-refractivity contribution < 1.29 is 14.6 Å². The average Bonchev–Trinajstić information content (AvgIpc) is 2.57. The third-order valence-electron chi connectivity index (χ3n) is 4.86. The third-order valence-corrected chi connectivity index (χ3v) is 5.23. The van der Waals surface area contributed by atoms with Crippen LogP contribution in [0.1, 0.15) is 42.1 Å². The number of aliphatic hydroxyl groups excluding tert-OH is 1. The molecule has 0 radical (unpaired) electrons. The maximum absolute atomic E-state index is 11.6. The van der Waals surface area contributed by atoms with E-state index in [1.165, 1.54) is 7.11 Å². The van der Waals surface area contributed by atoms with Crippen molar-refractivity contribution in [3.63, 3.8) is 0 Å². The zero-order valence-corrected chi connectivity index (χ0v) is 14.0. The topological polar surface area (TPSA) is 49.8 Å². The van der Waals surface area contributed by atoms with Crippen molar-refractivity contribution in [1.29, 1.82) is 0 Å². The van der Waals surface area contributed by atoms with Crippen LogP contribution in [0.5, 0.6) is 0 Å². The molecule has 1 aromatic carbocycles. The molecule has 0 aromatic heterocycles. The minimum absolute atomic E-state index is 0.0775. The molecule has 22 heavy (non-hydrogen) atoms. The number of hydrogen-bond donors (Lipinski definition) is 1. The molecular weight excluding hydrogens is 302 g/mol. The van der Waals surface area contributed by atoms with Crippen molar-refractivity contribution >= 4 is 17.6 Å². The minimum atomic E-state index is -0.346. The van der Waals surface area contributed by atoms with Gasteiger partial charge in [-0.25, -0.2) is 4.79 Å². The van der Waals surface area contributed by atoms with Crippen LogP contribution in [0, 0.1) is 5.41 Å². The monoisotopic (exact) mass is 325 g/mol. The molecule has 1 saturated heterocycles. The number of nitrogens with zero attached hydrogens (tertiary/aromatic N) is 1. The zero-order chi connectivity index (χ0) is 16.2. The van der Waals surface area contributed by atoms with Gasteiger partial charge in [0.05, 0.1) is 12.7 Å². The normalized spacial score (nSPS) is 18.2. The summed E-state index contributed by atoms with van der Waals surface area (Å²) in [6, 6.07) is 5.24. The van der Waals surface area contributed by atoms with Crippen molar-refractivity contribution in [2.45, 2.75) is 32.7 Å². The van der Waals surface area contributed by atoms with Crippen LogP contribution in [0.4, 0.5) is 0 Å². The van der Waals surface area contributed by atoms with Gasteiger partial charge >= 0.3 is 5.97 Å². The first-order chi connectivity index (χ1) is 10.5. The van der Waals surface area contributed by atoms with Crippen molar-refractivity contribution in [1.82, 2.24) is 4.90 Å². The molecule has 122 valence electrons. The van der Waals surface area contributed by atoms with E-state index >= 15 is 0 Å². The summed E-state index contributed by atoms with van der Waals surface area (Å²) in [7, 11) is 1.38. The number of aliphatic hydroxyl groups is 1. The van der Waals surface area contributed by atoms with Crippen LogP contribution in [-0.4, -0.2) is 42.8 Å². The Balaban J connectivity index is 2.04. The molecule has 1 aliphatic heterocycles. The molecule has 0 saturated carbocycles. The second-order valence-electron chi connectivity index (χ2n) is 6.09. The summed E-state index contributed by atoms with van der Waals surface area (Å²) < 4.78 is 4.75. The van der Waals surface area contributed by atoms with Gasteiger partial charge in [-0.15, -0.1) is 0 Å². The van der Waals surface area contributed by atoms with Gasteiger partial charge < -0.3 is 9.84 Å². The second kappa shape index (κ2) is 7.44. The molecular formula is C17H24ClNO3. The fourth-order valence-electron chi connectivity index (χ4n) is 2.99. The van der Waals surface area contributed by atoms with Gasteiger partial charge in [-0.1, -0.05) is 18.5 Å². The number of esters is 1. The molecule has 0 unspecified atom stereocenters. The summed E-state index contributed by atoms with van der Waals surface area (Å²) in [6.07, 6.45) is 3.00. The summed E-state index contributed by atoms with van der Waals surface area (Å²) >= 11 is 6.26. The van der Waals surface area contributed by atoms with E-state index < -0.39 is 0 Å². The Morgan fingerprint density at radius 1 is 1.41 bits per heavy atom. The molecule has 0 amide bonds. The van der Waals surface area contributed by atoms with Gasteiger partial charge in [0.25, 0.3) is 0 Å². The van der Waals surface area contributed by atoms with E-state index in [2.05, 4.69) is 11.8 Å². The first-order valence-electron chi connectivity index (χ1n) is 7.73. The van der Waals surface area contributed by atoms with Crippen LogP contribution >= 0.6 is 11.6 Å². The Morgan fingerprint density at radius 2 is 2.09 bits per heavy atom. The molecule has 1 N–H and O–H groups in total. The van der Waals surface area contributed by atoms with Crippen LogP contribution in [0.15, 0.2) is 18.2 Å². The Hall–Kier alpha value is -1.10. The number of methoxy groups -OCH3 is 1. The quantitative estimate of drug-likeness (QED) is 0.845. The highest BCUT2D eigenvalue weighted by Gasteiger charge is 2.32. The smallest absolute Gasteiger partial charge is 0.337 e. The molecule has 0 atom stereocenters. The minimum Gasteiger partial charge on any atom is -0.465 e. The van der Waals surface area contributed by atoms with Gasteiger partial charge in [-0.2, -0.15) is 0 Å². The van der Waals surface area contributed by atoms with Crippen LogP contribution in [0.3, 0.4) is 0 Å². The Bertz CT molecular complexity index is 519. The van der Waals surface area contributed by atoms with Crippen molar-refractivity contribution in [2.75, 3.05) is 26.8 Å². The lowest BCUT2D eigenvalue weighted by Crippen LogP contribution is -2.41. The summed E-state index contributed by atoms with van der Waals surface area (Å²) in [6.45, 7) is 4.99. The summed E-state index contributed by atoms with van der Waals surface area (Å²) in [5.41, 5.74) is 1.54. The molecule has 0 aliphatic carbocycles. The molecule has 1 fully saturated rings. The third kappa shape index (κ3) is 3.80. The second-order valence-corrected chi connectivity index (χ2v) is 6.49. The predicted molar refractivity (Wildman–Crippen MR) is 87.1 cm³/mol. The van der Waals surface area contributed by atoms with Crippen molar-refractivity contribution in [3.8, 4) is 0 Å². The van der Waals surface area contributed by atoms with Crippen molar-refractivity contribution in [2.24, 2.45) is 5.41 Å². The van der Waals surface area contributed by atoms with Crippen molar-refractivity contribution in [3.05, 3.63) is 34.3 Å². The molecule has 5 heteroatoms. The fourth-order valence-corrected chi connectivity index (χ4v) is 3.17. The first-order valence-corrected chi connectivity index (χ1v) is 8.11. The molecule has 1 aromatic rings. The number of ether oxygens (including phenoxy) is 1. The molecule has 2 rings (SSSR count). The van der Waals surface area contributed by atoms with E-state index in [4.69, 9.17) is 16.3 Å². The lowest BCUT2D eigenvalue weighted by Gasteiger charge is -2.40. The zero-order valence-electron chi connectivity index (χ0n) is 13.3. The molecule has 1 heterocycles. The number of halogens is 1. The average molecular weight is 326 g/mol. The summed E-state index contributed by atoms with van der Waals surface area (Å²) in [5, 5.41) is 10.3. The number of likely N-dealkylation sites (tertiary alicyclic amines) is 1. The van der Waals surface area contributed by atoms with Crippen LogP contribution < -0.4 is 0 Å². The van der Waals surface area contributed by atoms with Gasteiger partial charge in [-0.05, 0) is 61.5 Å². The van der Waals surface area contributed by atoms with E-state index in [1.54, 1.807) is 12.1 Å². The highest BCUT2D eigenvalue weighted by molar-refractivity contribution is 6.31. The number of carbonyl (C=O) groups excluding carboxylic acids is 1. The Kier molecular flexibility index (Phi) is 5.84. The summed E-state index contributed by atoms with van der Waals surface area (Å²) in [4.78, 5) is 14.0. The molecule has 0 bridgehead atoms. The largest absolute Gasteiger partial charge is 0.465 e. The maximum Gasteiger partial charge on any atom is 0.337 e. The van der Waals surface area contributed by atoms with Gasteiger partial charge in [0.2, 0.25) is 0 Å². The van der Waals surface area contributed by atoms with E-state index in [0.717, 1.165) is 44.5 Å². The van der Waals surface area contributed by atoms with Crippen LogP contribution in [-0.2, 0) is 11.3 Å². The lowest BCUT2D eigenvalue weighted by atomic mass is 9.77. The van der Waals surface area contributed by atoms with E-state index in [9.17, 15) is 9.90 Å². The standard InChI is InChI=1S/C17H24ClNO3/c1-3-17(12-20)6-8-19(9-7-17)11-14-10-13(16(21)22-2)4-5-15(14)18/h4-5,10,20H,3,6-9,11-12H2,1-2H3. The molecule has 0 spiro atoms. The molecule has 1 aliphatic rings. The number of hydrogen-bond acceptors (Lipinski definition) is 4. The highest BCUT2D eigenvalue weighted by Crippen LogP contribution is 2.35. The van der Waals surface area contributed by atoms with Gasteiger partial charge in [0.1, 0.15) is 0 Å². The number of rotatable bonds is 5. The predicted octanol–water partition coefficient (Wildman–Crippen LogP) is 3.11. The SMILES string of the molecule is CCC1(CO)CCN(Cc2cc(C(=O)OC)ccc2Cl)CC1. The van der Waals surface area contributed by atoms with Gasteiger partial charge in [-0.3, -0.25) is 4.90 Å². The Morgan fingerprint density at radius 3 is 2.64 bits per heavy atom. The van der Waals surface area contributed by atoms with Crippen LogP contribution in [0.25, 0.3) is 0 Å². The van der Waals surface area contributed by atoms with E-state index in [0.29, 0.717) is 10.6 Å². The van der Waals surface area contributed by atoms with E-state index in [1.807, 2.05) is 6.07 Å². The Labute approximate surface area is 137 Å². The highest BCUT2D eigenvalue weighted by atomic mass is 35.5. The number of carbonyl (C=O) groups is 1.